The van der Waals surface area contributed by atoms with E-state index in [-0.39, 0.29) is 18.3 Å². The molecule has 3 nitrogen and oxygen atoms in total. The number of hydrogen-bond donors (Lipinski definition) is 1. The van der Waals surface area contributed by atoms with Crippen molar-refractivity contribution in [3.8, 4) is 28.0 Å². The smallest absolute Gasteiger partial charge is 0.339 e. The Labute approximate surface area is 169 Å². The minimum Gasteiger partial charge on any atom is -0.507 e. The Morgan fingerprint density at radius 2 is 1.14 bits per heavy atom. The summed E-state index contributed by atoms with van der Waals surface area (Å²) >= 11 is 0. The molecule has 0 bridgehead atoms. The predicted molar refractivity (Wildman–Crippen MR) is 115 cm³/mol. The zero-order chi connectivity index (χ0) is 20.1. The van der Waals surface area contributed by atoms with Gasteiger partial charge in [-0.1, -0.05) is 91.0 Å². The van der Waals surface area contributed by atoms with E-state index in [9.17, 15) is 9.90 Å². The normalized spacial score (nSPS) is 10.5. The second-order valence-corrected chi connectivity index (χ2v) is 6.67. The molecular weight excluding hydrogens is 360 g/mol. The molecule has 4 rings (SSSR count). The Morgan fingerprint density at radius 1 is 0.621 bits per heavy atom. The van der Waals surface area contributed by atoms with Crippen molar-refractivity contribution in [1.82, 2.24) is 0 Å². The molecule has 0 heterocycles. The molecule has 4 aromatic rings. The summed E-state index contributed by atoms with van der Waals surface area (Å²) in [7, 11) is 0. The van der Waals surface area contributed by atoms with E-state index in [1.165, 1.54) is 0 Å². The van der Waals surface area contributed by atoms with Crippen molar-refractivity contribution in [2.24, 2.45) is 0 Å². The highest BCUT2D eigenvalue weighted by Gasteiger charge is 2.17. The van der Waals surface area contributed by atoms with Gasteiger partial charge in [0.25, 0.3) is 0 Å². The van der Waals surface area contributed by atoms with Crippen molar-refractivity contribution in [3.63, 3.8) is 0 Å². The van der Waals surface area contributed by atoms with Crippen LogP contribution in [-0.2, 0) is 11.3 Å². The molecular formula is C26H20O3. The van der Waals surface area contributed by atoms with E-state index in [4.69, 9.17) is 4.74 Å². The Balaban J connectivity index is 1.71. The second-order valence-electron chi connectivity index (χ2n) is 6.67. The van der Waals surface area contributed by atoms with Gasteiger partial charge in [-0.2, -0.15) is 0 Å². The number of aromatic hydroxyl groups is 1. The van der Waals surface area contributed by atoms with E-state index >= 15 is 0 Å². The van der Waals surface area contributed by atoms with Gasteiger partial charge in [0.05, 0.1) is 5.56 Å². The third-order valence-electron chi connectivity index (χ3n) is 4.77. The van der Waals surface area contributed by atoms with Crippen molar-refractivity contribution in [2.75, 3.05) is 0 Å². The molecule has 1 N–H and O–H groups in total. The van der Waals surface area contributed by atoms with Crippen LogP contribution in [0, 0.1) is 0 Å². The maximum Gasteiger partial charge on any atom is 0.339 e. The first-order valence-electron chi connectivity index (χ1n) is 9.42. The number of phenolic OH excluding ortho intramolecular Hbond substituents is 1. The van der Waals surface area contributed by atoms with Crippen LogP contribution in [0.15, 0.2) is 103 Å². The molecule has 0 aliphatic carbocycles. The van der Waals surface area contributed by atoms with Crippen molar-refractivity contribution >= 4 is 5.97 Å². The zero-order valence-electron chi connectivity index (χ0n) is 15.8. The Bertz CT molecular complexity index is 1130. The number of para-hydroxylation sites is 1. The van der Waals surface area contributed by atoms with Crippen LogP contribution in [0.25, 0.3) is 22.3 Å². The van der Waals surface area contributed by atoms with Crippen LogP contribution in [-0.4, -0.2) is 11.1 Å². The SMILES string of the molecule is O=C(OCc1ccccc1)c1ccccc1-c1ccccc1-c1ccccc1O. The van der Waals surface area contributed by atoms with Crippen LogP contribution in [0.5, 0.6) is 5.75 Å². The molecule has 0 saturated carbocycles. The van der Waals surface area contributed by atoms with Crippen LogP contribution in [0.3, 0.4) is 0 Å². The van der Waals surface area contributed by atoms with Gasteiger partial charge in [-0.3, -0.25) is 0 Å². The van der Waals surface area contributed by atoms with Crippen LogP contribution >= 0.6 is 0 Å². The van der Waals surface area contributed by atoms with Gasteiger partial charge in [0.2, 0.25) is 0 Å². The number of rotatable bonds is 5. The summed E-state index contributed by atoms with van der Waals surface area (Å²) in [5.41, 5.74) is 4.63. The summed E-state index contributed by atoms with van der Waals surface area (Å²) in [5.74, 6) is -0.180. The van der Waals surface area contributed by atoms with Gasteiger partial charge < -0.3 is 9.84 Å². The highest BCUT2D eigenvalue weighted by Crippen LogP contribution is 2.37. The monoisotopic (exact) mass is 380 g/mol. The number of ether oxygens (including phenoxy) is 1. The minimum absolute atomic E-state index is 0.198. The molecule has 0 atom stereocenters. The predicted octanol–water partition coefficient (Wildman–Crippen LogP) is 6.08. The number of hydrogen-bond acceptors (Lipinski definition) is 3. The third kappa shape index (κ3) is 4.04. The number of benzene rings is 4. The molecule has 4 aromatic carbocycles. The first-order valence-corrected chi connectivity index (χ1v) is 9.42. The van der Waals surface area contributed by atoms with Gasteiger partial charge in [-0.15, -0.1) is 0 Å². The van der Waals surface area contributed by atoms with Crippen molar-refractivity contribution < 1.29 is 14.6 Å². The number of esters is 1. The summed E-state index contributed by atoms with van der Waals surface area (Å²) in [6, 6.07) is 31.9. The fraction of sp³-hybridized carbons (Fsp3) is 0.0385. The molecule has 0 aromatic heterocycles. The van der Waals surface area contributed by atoms with Gasteiger partial charge in [0.1, 0.15) is 12.4 Å². The van der Waals surface area contributed by atoms with E-state index in [1.54, 1.807) is 18.2 Å². The number of carbonyl (C=O) groups is 1. The standard InChI is InChI=1S/C26H20O3/c27-25-17-9-8-15-23(25)21-13-5-4-12-20(21)22-14-6-7-16-24(22)26(28)29-18-19-10-2-1-3-11-19/h1-17,27H,18H2. The van der Waals surface area contributed by atoms with Gasteiger partial charge in [-0.05, 0) is 34.4 Å². The van der Waals surface area contributed by atoms with E-state index in [0.29, 0.717) is 5.56 Å². The van der Waals surface area contributed by atoms with E-state index in [0.717, 1.165) is 27.8 Å². The average molecular weight is 380 g/mol. The molecule has 0 spiro atoms. The highest BCUT2D eigenvalue weighted by atomic mass is 16.5. The molecule has 0 unspecified atom stereocenters. The topological polar surface area (TPSA) is 46.5 Å². The zero-order valence-corrected chi connectivity index (χ0v) is 15.8. The van der Waals surface area contributed by atoms with Crippen LogP contribution in [0.1, 0.15) is 15.9 Å². The highest BCUT2D eigenvalue weighted by molar-refractivity contribution is 6.00. The lowest BCUT2D eigenvalue weighted by Gasteiger charge is -2.14. The molecule has 0 aliphatic heterocycles. The van der Waals surface area contributed by atoms with Gasteiger partial charge >= 0.3 is 5.97 Å². The summed E-state index contributed by atoms with van der Waals surface area (Å²) < 4.78 is 5.56. The minimum atomic E-state index is -0.378. The second kappa shape index (κ2) is 8.44. The molecule has 0 saturated heterocycles. The first-order chi connectivity index (χ1) is 14.2. The lowest BCUT2D eigenvalue weighted by Crippen LogP contribution is -2.07. The van der Waals surface area contributed by atoms with Crippen LogP contribution in [0.2, 0.25) is 0 Å². The molecule has 142 valence electrons. The molecule has 29 heavy (non-hydrogen) atoms. The van der Waals surface area contributed by atoms with Crippen molar-refractivity contribution in [3.05, 3.63) is 114 Å². The maximum atomic E-state index is 12.9. The molecule has 0 amide bonds. The summed E-state index contributed by atoms with van der Waals surface area (Å²) in [4.78, 5) is 12.9. The fourth-order valence-corrected chi connectivity index (χ4v) is 3.35. The fourth-order valence-electron chi connectivity index (χ4n) is 3.35. The Hall–Kier alpha value is -3.85. The van der Waals surface area contributed by atoms with E-state index in [2.05, 4.69) is 0 Å². The van der Waals surface area contributed by atoms with Gasteiger partial charge in [0, 0.05) is 5.56 Å². The molecule has 0 radical (unpaired) electrons. The number of phenols is 1. The third-order valence-corrected chi connectivity index (χ3v) is 4.77. The largest absolute Gasteiger partial charge is 0.507 e. The quantitative estimate of drug-likeness (QED) is 0.427. The maximum absolute atomic E-state index is 12.9. The Kier molecular flexibility index (Phi) is 5.39. The summed E-state index contributed by atoms with van der Waals surface area (Å²) in [6.45, 7) is 0.217. The van der Waals surface area contributed by atoms with E-state index in [1.807, 2.05) is 84.9 Å². The first kappa shape index (κ1) is 18.5. The molecule has 3 heteroatoms. The summed E-state index contributed by atoms with van der Waals surface area (Å²) in [5, 5.41) is 10.3. The van der Waals surface area contributed by atoms with Crippen molar-refractivity contribution in [1.29, 1.82) is 0 Å². The average Bonchev–Trinajstić information content (AvgIpc) is 2.78. The van der Waals surface area contributed by atoms with Gasteiger partial charge in [-0.25, -0.2) is 4.79 Å². The Morgan fingerprint density at radius 3 is 1.83 bits per heavy atom. The van der Waals surface area contributed by atoms with E-state index < -0.39 is 0 Å². The van der Waals surface area contributed by atoms with Gasteiger partial charge in [0.15, 0.2) is 0 Å². The van der Waals surface area contributed by atoms with Crippen molar-refractivity contribution in [2.45, 2.75) is 6.61 Å². The lowest BCUT2D eigenvalue weighted by atomic mass is 9.91. The molecule has 0 aliphatic rings. The molecule has 0 fully saturated rings. The van der Waals surface area contributed by atoms with Crippen LogP contribution in [0.4, 0.5) is 0 Å². The number of carbonyl (C=O) groups excluding carboxylic acids is 1. The lowest BCUT2D eigenvalue weighted by molar-refractivity contribution is 0.0473. The summed E-state index contributed by atoms with van der Waals surface area (Å²) in [6.07, 6.45) is 0. The van der Waals surface area contributed by atoms with Crippen LogP contribution < -0.4 is 0 Å².